The van der Waals surface area contributed by atoms with E-state index < -0.39 is 16.6 Å². The van der Waals surface area contributed by atoms with E-state index in [2.05, 4.69) is 100 Å². The number of carbonyl (C=O) groups excluding carboxylic acids is 1. The molecule has 0 bridgehead atoms. The van der Waals surface area contributed by atoms with Gasteiger partial charge in [-0.1, -0.05) is 85.3 Å². The Labute approximate surface area is 243 Å². The molecule has 222 valence electrons. The molecule has 0 unspecified atom stereocenters. The summed E-state index contributed by atoms with van der Waals surface area (Å²) in [5.41, 5.74) is 4.43. The van der Waals surface area contributed by atoms with Gasteiger partial charge in [-0.2, -0.15) is 0 Å². The first-order chi connectivity index (χ1) is 17.7. The van der Waals surface area contributed by atoms with Crippen LogP contribution in [0.3, 0.4) is 0 Å². The summed E-state index contributed by atoms with van der Waals surface area (Å²) in [6.07, 6.45) is 14.0. The Kier molecular flexibility index (Phi) is 9.65. The predicted octanol–water partition coefficient (Wildman–Crippen LogP) is 10.0. The molecule has 0 aliphatic heterocycles. The summed E-state index contributed by atoms with van der Waals surface area (Å²) in [4.78, 5) is 11.7. The molecule has 3 fully saturated rings. The first-order valence-electron chi connectivity index (χ1n) is 15.6. The van der Waals surface area contributed by atoms with E-state index in [0.29, 0.717) is 11.8 Å². The van der Waals surface area contributed by atoms with E-state index >= 15 is 0 Å². The lowest BCUT2D eigenvalue weighted by Crippen LogP contribution is -2.49. The lowest BCUT2D eigenvalue weighted by atomic mass is 9.61. The first-order valence-corrected chi connectivity index (χ1v) is 21.4. The van der Waals surface area contributed by atoms with Crippen LogP contribution in [-0.2, 0) is 13.6 Å². The number of carbonyl (C=O) groups is 1. The van der Waals surface area contributed by atoms with Crippen LogP contribution < -0.4 is 0 Å². The van der Waals surface area contributed by atoms with Crippen molar-refractivity contribution in [3.63, 3.8) is 0 Å². The Morgan fingerprint density at radius 1 is 0.923 bits per heavy atom. The SMILES string of the molecule is C=C1[C@H](O[Si](C)(C)C(C)(C)C)CC(=CC=C2CCC[C@]3(C)[C@@H]([C@H](C)C=O)CC[C@@H]23)C[C@H]1O[Si](C)(C)C(C)(C)C. The van der Waals surface area contributed by atoms with E-state index in [4.69, 9.17) is 8.85 Å². The highest BCUT2D eigenvalue weighted by Gasteiger charge is 2.51. The van der Waals surface area contributed by atoms with Gasteiger partial charge in [0.1, 0.15) is 6.29 Å². The second-order valence-corrected chi connectivity index (χ2v) is 25.9. The molecular weight excluding hydrogens is 513 g/mol. The highest BCUT2D eigenvalue weighted by Crippen LogP contribution is 2.59. The van der Waals surface area contributed by atoms with Gasteiger partial charge >= 0.3 is 0 Å². The standard InChI is InChI=1S/C34H60O3Si2/c1-24(23-35)28-18-19-29-27(15-14-20-34(28,29)9)17-16-26-21-30(36-38(10,11)32(3,4)5)25(2)31(22-26)37-39(12,13)33(6,7)8/h16-17,23-24,28-31H,2,14-15,18-22H2,1,3-13H3/t24-,28-,29+,30-,31-,34-/m1/s1. The molecule has 0 saturated heterocycles. The third-order valence-corrected chi connectivity index (χ3v) is 20.6. The van der Waals surface area contributed by atoms with E-state index in [1.54, 1.807) is 5.57 Å². The summed E-state index contributed by atoms with van der Waals surface area (Å²) in [7, 11) is -3.94. The number of aldehydes is 1. The average molecular weight is 573 g/mol. The zero-order valence-electron chi connectivity index (χ0n) is 27.5. The van der Waals surface area contributed by atoms with Crippen LogP contribution in [0.5, 0.6) is 0 Å². The molecule has 0 N–H and O–H groups in total. The molecule has 6 atom stereocenters. The van der Waals surface area contributed by atoms with Gasteiger partial charge < -0.3 is 13.6 Å². The van der Waals surface area contributed by atoms with Crippen molar-refractivity contribution >= 4 is 22.9 Å². The van der Waals surface area contributed by atoms with E-state index in [9.17, 15) is 4.79 Å². The highest BCUT2D eigenvalue weighted by atomic mass is 28.4. The Morgan fingerprint density at radius 3 is 1.90 bits per heavy atom. The van der Waals surface area contributed by atoms with E-state index in [-0.39, 0.29) is 33.6 Å². The average Bonchev–Trinajstić information content (AvgIpc) is 3.15. The minimum atomic E-state index is -1.97. The minimum Gasteiger partial charge on any atom is -0.410 e. The molecule has 0 aromatic carbocycles. The van der Waals surface area contributed by atoms with Crippen molar-refractivity contribution in [1.82, 2.24) is 0 Å². The van der Waals surface area contributed by atoms with E-state index in [0.717, 1.165) is 18.4 Å². The van der Waals surface area contributed by atoms with Crippen LogP contribution in [0.15, 0.2) is 35.5 Å². The zero-order chi connectivity index (χ0) is 29.6. The van der Waals surface area contributed by atoms with Crippen LogP contribution in [0, 0.1) is 23.2 Å². The second kappa shape index (κ2) is 11.5. The van der Waals surface area contributed by atoms with Gasteiger partial charge in [0.15, 0.2) is 16.6 Å². The number of rotatable bonds is 7. The zero-order valence-corrected chi connectivity index (χ0v) is 29.5. The minimum absolute atomic E-state index is 0.0139. The van der Waals surface area contributed by atoms with Crippen molar-refractivity contribution in [3.05, 3.63) is 35.5 Å². The Hall–Kier alpha value is -0.756. The number of hydrogen-bond donors (Lipinski definition) is 0. The van der Waals surface area contributed by atoms with Crippen molar-refractivity contribution < 1.29 is 13.6 Å². The molecule has 3 saturated carbocycles. The van der Waals surface area contributed by atoms with Gasteiger partial charge in [-0.15, -0.1) is 0 Å². The van der Waals surface area contributed by atoms with Gasteiger partial charge in [0.2, 0.25) is 0 Å². The third kappa shape index (κ3) is 6.84. The van der Waals surface area contributed by atoms with Crippen molar-refractivity contribution in [2.75, 3.05) is 0 Å². The molecule has 0 aromatic rings. The summed E-state index contributed by atoms with van der Waals surface area (Å²) in [6.45, 7) is 32.5. The van der Waals surface area contributed by atoms with Crippen LogP contribution in [0.4, 0.5) is 0 Å². The van der Waals surface area contributed by atoms with Gasteiger partial charge in [-0.05, 0) is 104 Å². The molecule has 5 heteroatoms. The predicted molar refractivity (Wildman–Crippen MR) is 172 cm³/mol. The summed E-state index contributed by atoms with van der Waals surface area (Å²) in [5, 5.41) is 0.299. The fraction of sp³-hybridized carbons (Fsp3) is 0.794. The van der Waals surface area contributed by atoms with Crippen LogP contribution in [0.1, 0.15) is 100 Å². The maximum atomic E-state index is 11.7. The smallest absolute Gasteiger partial charge is 0.192 e. The number of allylic oxidation sites excluding steroid dienone is 3. The molecular formula is C34H60O3Si2. The largest absolute Gasteiger partial charge is 0.410 e. The van der Waals surface area contributed by atoms with Gasteiger partial charge in [-0.3, -0.25) is 0 Å². The Balaban J connectivity index is 1.92. The lowest BCUT2D eigenvalue weighted by molar-refractivity contribution is -0.113. The molecule has 0 aromatic heterocycles. The molecule has 0 spiro atoms. The second-order valence-electron chi connectivity index (χ2n) is 16.4. The molecule has 0 amide bonds. The highest BCUT2D eigenvalue weighted by molar-refractivity contribution is 6.74. The van der Waals surface area contributed by atoms with Crippen LogP contribution >= 0.6 is 0 Å². The Bertz CT molecular complexity index is 935. The van der Waals surface area contributed by atoms with Gasteiger partial charge in [-0.25, -0.2) is 0 Å². The molecule has 39 heavy (non-hydrogen) atoms. The summed E-state index contributed by atoms with van der Waals surface area (Å²) >= 11 is 0. The molecule has 0 heterocycles. The topological polar surface area (TPSA) is 35.5 Å². The quantitative estimate of drug-likeness (QED) is 0.173. The fourth-order valence-electron chi connectivity index (χ4n) is 6.93. The normalized spacial score (nSPS) is 32.8. The summed E-state index contributed by atoms with van der Waals surface area (Å²) in [6, 6.07) is 0. The van der Waals surface area contributed by atoms with Crippen LogP contribution in [0.2, 0.25) is 36.3 Å². The van der Waals surface area contributed by atoms with E-state index in [1.165, 1.54) is 44.0 Å². The summed E-state index contributed by atoms with van der Waals surface area (Å²) in [5.74, 6) is 1.27. The number of hydrogen-bond acceptors (Lipinski definition) is 3. The van der Waals surface area contributed by atoms with E-state index in [1.807, 2.05) is 0 Å². The maximum absolute atomic E-state index is 11.7. The molecule has 3 rings (SSSR count). The van der Waals surface area contributed by atoms with Gasteiger partial charge in [0, 0.05) is 5.92 Å². The monoisotopic (exact) mass is 572 g/mol. The molecule has 3 aliphatic rings. The van der Waals surface area contributed by atoms with Crippen molar-refractivity contribution in [2.45, 2.75) is 149 Å². The number of fused-ring (bicyclic) bond motifs is 1. The van der Waals surface area contributed by atoms with Gasteiger partial charge in [0.25, 0.3) is 0 Å². The van der Waals surface area contributed by atoms with Crippen molar-refractivity contribution in [2.24, 2.45) is 23.2 Å². The Morgan fingerprint density at radius 2 is 1.44 bits per heavy atom. The lowest BCUT2D eigenvalue weighted by Gasteiger charge is -2.46. The van der Waals surface area contributed by atoms with Crippen molar-refractivity contribution in [1.29, 1.82) is 0 Å². The third-order valence-electron chi connectivity index (χ3n) is 11.6. The van der Waals surface area contributed by atoms with Crippen LogP contribution in [-0.4, -0.2) is 35.1 Å². The van der Waals surface area contributed by atoms with Gasteiger partial charge in [0.05, 0.1) is 12.2 Å². The van der Waals surface area contributed by atoms with Crippen LogP contribution in [0.25, 0.3) is 0 Å². The summed E-state index contributed by atoms with van der Waals surface area (Å²) < 4.78 is 14.1. The molecule has 3 nitrogen and oxygen atoms in total. The molecule has 3 aliphatic carbocycles. The first kappa shape index (κ1) is 32.8. The van der Waals surface area contributed by atoms with Crippen molar-refractivity contribution in [3.8, 4) is 0 Å². The maximum Gasteiger partial charge on any atom is 0.192 e. The fourth-order valence-corrected chi connectivity index (χ4v) is 9.53. The molecule has 0 radical (unpaired) electrons.